The molecule has 1 aromatic carbocycles. The van der Waals surface area contributed by atoms with Gasteiger partial charge in [-0.05, 0) is 43.7 Å². The molecule has 0 atom stereocenters. The molecule has 21 heavy (non-hydrogen) atoms. The summed E-state index contributed by atoms with van der Waals surface area (Å²) in [6.45, 7) is 0.901. The standard InChI is InChI=1S/C17H18O4/c1-14(18)20-13-16(19)21-17(10-5-6-11-17)12-9-15-7-3-2-4-8-15/h2-4,7-8H,5-6,10-11,13H2,1H3. The maximum absolute atomic E-state index is 11.8. The van der Waals surface area contributed by atoms with E-state index < -0.39 is 17.5 Å². The molecule has 0 saturated heterocycles. The summed E-state index contributed by atoms with van der Waals surface area (Å²) in [5.41, 5.74) is 0.146. The fourth-order valence-corrected chi connectivity index (χ4v) is 2.31. The molecule has 2 rings (SSSR count). The van der Waals surface area contributed by atoms with Gasteiger partial charge in [-0.25, -0.2) is 4.79 Å². The Morgan fingerprint density at radius 1 is 1.19 bits per heavy atom. The summed E-state index contributed by atoms with van der Waals surface area (Å²) in [7, 11) is 0. The zero-order valence-electron chi connectivity index (χ0n) is 12.1. The SMILES string of the molecule is CC(=O)OCC(=O)OC1(C#Cc2ccccc2)CCCC1. The molecule has 1 fully saturated rings. The van der Waals surface area contributed by atoms with Crippen LogP contribution in [0.5, 0.6) is 0 Å². The molecule has 0 spiro atoms. The Kier molecular flexibility index (Phi) is 4.99. The van der Waals surface area contributed by atoms with Gasteiger partial charge in [0, 0.05) is 12.5 Å². The summed E-state index contributed by atoms with van der Waals surface area (Å²) in [6, 6.07) is 9.58. The molecule has 0 bridgehead atoms. The van der Waals surface area contributed by atoms with Crippen molar-refractivity contribution in [3.8, 4) is 11.8 Å². The van der Waals surface area contributed by atoms with Crippen LogP contribution in [0.15, 0.2) is 30.3 Å². The Morgan fingerprint density at radius 3 is 2.48 bits per heavy atom. The second kappa shape index (κ2) is 6.94. The van der Waals surface area contributed by atoms with Crippen molar-refractivity contribution < 1.29 is 19.1 Å². The third-order valence-electron chi connectivity index (χ3n) is 3.32. The van der Waals surface area contributed by atoms with Gasteiger partial charge in [0.25, 0.3) is 0 Å². The molecule has 0 aromatic heterocycles. The number of hydrogen-bond donors (Lipinski definition) is 0. The van der Waals surface area contributed by atoms with Gasteiger partial charge in [0.1, 0.15) is 0 Å². The quantitative estimate of drug-likeness (QED) is 0.632. The monoisotopic (exact) mass is 286 g/mol. The number of carbonyl (C=O) groups excluding carboxylic acids is 2. The van der Waals surface area contributed by atoms with E-state index >= 15 is 0 Å². The van der Waals surface area contributed by atoms with Crippen LogP contribution in [-0.4, -0.2) is 24.1 Å². The minimum absolute atomic E-state index is 0.357. The molecule has 4 heteroatoms. The number of esters is 2. The Bertz CT molecular complexity index is 559. The van der Waals surface area contributed by atoms with Crippen molar-refractivity contribution in [1.29, 1.82) is 0 Å². The van der Waals surface area contributed by atoms with Crippen molar-refractivity contribution in [3.05, 3.63) is 35.9 Å². The van der Waals surface area contributed by atoms with Crippen LogP contribution in [0, 0.1) is 11.8 Å². The van der Waals surface area contributed by atoms with Crippen LogP contribution in [0.4, 0.5) is 0 Å². The lowest BCUT2D eigenvalue weighted by Crippen LogP contribution is -2.32. The minimum Gasteiger partial charge on any atom is -0.454 e. The van der Waals surface area contributed by atoms with Crippen LogP contribution in [-0.2, 0) is 19.1 Å². The largest absolute Gasteiger partial charge is 0.454 e. The smallest absolute Gasteiger partial charge is 0.345 e. The Labute approximate surface area is 124 Å². The number of hydrogen-bond acceptors (Lipinski definition) is 4. The number of benzene rings is 1. The first kappa shape index (κ1) is 15.1. The van der Waals surface area contributed by atoms with E-state index in [1.54, 1.807) is 0 Å². The molecule has 1 saturated carbocycles. The van der Waals surface area contributed by atoms with Gasteiger partial charge in [0.05, 0.1) is 0 Å². The fourth-order valence-electron chi connectivity index (χ4n) is 2.31. The number of rotatable bonds is 3. The van der Waals surface area contributed by atoms with E-state index in [1.807, 2.05) is 30.3 Å². The normalized spacial score (nSPS) is 15.7. The molecule has 1 aliphatic rings. The van der Waals surface area contributed by atoms with Crippen LogP contribution in [0.3, 0.4) is 0 Å². The second-order valence-electron chi connectivity index (χ2n) is 5.07. The van der Waals surface area contributed by atoms with E-state index in [0.717, 1.165) is 31.2 Å². The van der Waals surface area contributed by atoms with Gasteiger partial charge in [0.2, 0.25) is 0 Å². The van der Waals surface area contributed by atoms with Gasteiger partial charge in [-0.2, -0.15) is 0 Å². The highest BCUT2D eigenvalue weighted by molar-refractivity contribution is 5.75. The molecular formula is C17H18O4. The van der Waals surface area contributed by atoms with Gasteiger partial charge in [-0.3, -0.25) is 4.79 Å². The zero-order valence-corrected chi connectivity index (χ0v) is 12.1. The van der Waals surface area contributed by atoms with Gasteiger partial charge in [-0.1, -0.05) is 24.1 Å². The first-order chi connectivity index (χ1) is 10.1. The highest BCUT2D eigenvalue weighted by atomic mass is 16.6. The Hall–Kier alpha value is -2.28. The minimum atomic E-state index is -0.743. The fraction of sp³-hybridized carbons (Fsp3) is 0.412. The van der Waals surface area contributed by atoms with Crippen LogP contribution in [0.1, 0.15) is 38.2 Å². The van der Waals surface area contributed by atoms with E-state index in [2.05, 4.69) is 16.6 Å². The molecule has 0 unspecified atom stereocenters. The number of carbonyl (C=O) groups is 2. The van der Waals surface area contributed by atoms with Crippen LogP contribution in [0.2, 0.25) is 0 Å². The third-order valence-corrected chi connectivity index (χ3v) is 3.32. The maximum atomic E-state index is 11.8. The molecule has 0 N–H and O–H groups in total. The summed E-state index contributed by atoms with van der Waals surface area (Å²) < 4.78 is 10.1. The van der Waals surface area contributed by atoms with E-state index in [1.165, 1.54) is 6.92 Å². The van der Waals surface area contributed by atoms with Crippen molar-refractivity contribution >= 4 is 11.9 Å². The molecular weight excluding hydrogens is 268 g/mol. The predicted molar refractivity (Wildman–Crippen MR) is 77.2 cm³/mol. The van der Waals surface area contributed by atoms with Crippen molar-refractivity contribution in [2.24, 2.45) is 0 Å². The van der Waals surface area contributed by atoms with Crippen LogP contribution >= 0.6 is 0 Å². The van der Waals surface area contributed by atoms with Gasteiger partial charge < -0.3 is 9.47 Å². The summed E-state index contributed by atoms with van der Waals surface area (Å²) in [6.07, 6.45) is 3.39. The van der Waals surface area contributed by atoms with Crippen molar-refractivity contribution in [3.63, 3.8) is 0 Å². The number of ether oxygens (including phenoxy) is 2. The lowest BCUT2D eigenvalue weighted by Gasteiger charge is -2.22. The highest BCUT2D eigenvalue weighted by Crippen LogP contribution is 2.33. The lowest BCUT2D eigenvalue weighted by molar-refractivity contribution is -0.164. The van der Waals surface area contributed by atoms with E-state index in [9.17, 15) is 9.59 Å². The van der Waals surface area contributed by atoms with Crippen LogP contribution in [0.25, 0.3) is 0 Å². The average molecular weight is 286 g/mol. The van der Waals surface area contributed by atoms with Crippen molar-refractivity contribution in [1.82, 2.24) is 0 Å². The van der Waals surface area contributed by atoms with E-state index in [0.29, 0.717) is 0 Å². The Morgan fingerprint density at radius 2 is 1.86 bits per heavy atom. The molecule has 4 nitrogen and oxygen atoms in total. The second-order valence-corrected chi connectivity index (χ2v) is 5.07. The zero-order chi connectivity index (χ0) is 15.1. The molecule has 0 aliphatic heterocycles. The molecule has 1 aliphatic carbocycles. The molecule has 0 amide bonds. The summed E-state index contributed by atoms with van der Waals surface area (Å²) >= 11 is 0. The predicted octanol–water partition coefficient (Wildman–Crippen LogP) is 2.46. The third kappa shape index (κ3) is 4.64. The first-order valence-electron chi connectivity index (χ1n) is 7.03. The van der Waals surface area contributed by atoms with E-state index in [4.69, 9.17) is 4.74 Å². The average Bonchev–Trinajstić information content (AvgIpc) is 2.93. The van der Waals surface area contributed by atoms with Crippen LogP contribution < -0.4 is 0 Å². The van der Waals surface area contributed by atoms with Gasteiger partial charge >= 0.3 is 11.9 Å². The molecule has 110 valence electrons. The van der Waals surface area contributed by atoms with Gasteiger partial charge in [-0.15, -0.1) is 0 Å². The summed E-state index contributed by atoms with van der Waals surface area (Å²) in [5, 5.41) is 0. The Balaban J connectivity index is 2.05. The summed E-state index contributed by atoms with van der Waals surface area (Å²) in [5.74, 6) is 5.11. The lowest BCUT2D eigenvalue weighted by atomic mass is 10.0. The van der Waals surface area contributed by atoms with Crippen molar-refractivity contribution in [2.75, 3.05) is 6.61 Å². The van der Waals surface area contributed by atoms with Crippen molar-refractivity contribution in [2.45, 2.75) is 38.2 Å². The first-order valence-corrected chi connectivity index (χ1v) is 7.03. The highest BCUT2D eigenvalue weighted by Gasteiger charge is 2.36. The maximum Gasteiger partial charge on any atom is 0.345 e. The molecule has 0 heterocycles. The molecule has 0 radical (unpaired) electrons. The van der Waals surface area contributed by atoms with Gasteiger partial charge in [0.15, 0.2) is 12.2 Å². The van der Waals surface area contributed by atoms with E-state index in [-0.39, 0.29) is 6.61 Å². The topological polar surface area (TPSA) is 52.6 Å². The summed E-state index contributed by atoms with van der Waals surface area (Å²) in [4.78, 5) is 22.5. The molecule has 1 aromatic rings.